The molecule has 0 aromatic rings. The van der Waals surface area contributed by atoms with E-state index in [1.165, 1.54) is 0 Å². The summed E-state index contributed by atoms with van der Waals surface area (Å²) in [5, 5.41) is 5.40. The first-order valence-electron chi connectivity index (χ1n) is 5.22. The Morgan fingerprint density at radius 3 is 2.67 bits per heavy atom. The summed E-state index contributed by atoms with van der Waals surface area (Å²) >= 11 is 0. The van der Waals surface area contributed by atoms with Crippen LogP contribution in [0.15, 0.2) is 0 Å². The fraction of sp³-hybridized carbons (Fsp3) is 0.900. The summed E-state index contributed by atoms with van der Waals surface area (Å²) in [4.78, 5) is 11.1. The van der Waals surface area contributed by atoms with E-state index in [2.05, 4.69) is 10.6 Å². The number of ether oxygens (including phenoxy) is 1. The molecule has 1 atom stereocenters. The van der Waals surface area contributed by atoms with E-state index in [4.69, 9.17) is 4.74 Å². The Labute approximate surface area is 90.6 Å². The van der Waals surface area contributed by atoms with Crippen molar-refractivity contribution >= 4 is 5.91 Å². The van der Waals surface area contributed by atoms with Crippen molar-refractivity contribution < 1.29 is 13.9 Å². The van der Waals surface area contributed by atoms with Gasteiger partial charge in [0.15, 0.2) is 0 Å². The topological polar surface area (TPSA) is 50.4 Å². The molecule has 0 aromatic carbocycles. The quantitative estimate of drug-likeness (QED) is 0.580. The summed E-state index contributed by atoms with van der Waals surface area (Å²) in [6, 6.07) is 0. The first kappa shape index (κ1) is 14.3. The Morgan fingerprint density at radius 1 is 1.47 bits per heavy atom. The zero-order valence-corrected chi connectivity index (χ0v) is 9.68. The molecule has 0 aliphatic heterocycles. The lowest BCUT2D eigenvalue weighted by molar-refractivity contribution is -0.124. The van der Waals surface area contributed by atoms with Crippen LogP contribution in [-0.2, 0) is 9.53 Å². The van der Waals surface area contributed by atoms with Gasteiger partial charge in [-0.1, -0.05) is 13.8 Å². The van der Waals surface area contributed by atoms with Crippen LogP contribution in [0.3, 0.4) is 0 Å². The molecule has 0 fully saturated rings. The standard InChI is InChI=1S/C10H21FN2O2/c1-8(2)10(14)13-6-9(11)7-15-5-4-12-3/h8-9,12H,4-7H2,1-3H3,(H,13,14). The maximum atomic E-state index is 13.1. The van der Waals surface area contributed by atoms with Crippen LogP contribution in [0.1, 0.15) is 13.8 Å². The van der Waals surface area contributed by atoms with E-state index in [-0.39, 0.29) is 25.0 Å². The summed E-state index contributed by atoms with van der Waals surface area (Å²) in [6.45, 7) is 4.77. The number of carbonyl (C=O) groups excluding carboxylic acids is 1. The van der Waals surface area contributed by atoms with Gasteiger partial charge in [-0.15, -0.1) is 0 Å². The highest BCUT2D eigenvalue weighted by Gasteiger charge is 2.10. The Bertz CT molecular complexity index is 177. The number of hydrogen-bond donors (Lipinski definition) is 2. The van der Waals surface area contributed by atoms with Gasteiger partial charge in [-0.25, -0.2) is 4.39 Å². The van der Waals surface area contributed by atoms with E-state index >= 15 is 0 Å². The van der Waals surface area contributed by atoms with Crippen LogP contribution in [0.4, 0.5) is 4.39 Å². The highest BCUT2D eigenvalue weighted by atomic mass is 19.1. The van der Waals surface area contributed by atoms with E-state index < -0.39 is 6.17 Å². The molecule has 0 rings (SSSR count). The third-order valence-electron chi connectivity index (χ3n) is 1.82. The maximum Gasteiger partial charge on any atom is 0.222 e. The number of amides is 1. The van der Waals surface area contributed by atoms with Gasteiger partial charge >= 0.3 is 0 Å². The van der Waals surface area contributed by atoms with Gasteiger partial charge in [0.25, 0.3) is 0 Å². The van der Waals surface area contributed by atoms with Crippen molar-refractivity contribution in [1.29, 1.82) is 0 Å². The lowest BCUT2D eigenvalue weighted by Crippen LogP contribution is -2.35. The van der Waals surface area contributed by atoms with Crippen molar-refractivity contribution in [1.82, 2.24) is 10.6 Å². The molecule has 1 amide bonds. The normalized spacial score (nSPS) is 12.9. The predicted octanol–water partition coefficient (Wildman–Crippen LogP) is 0.333. The van der Waals surface area contributed by atoms with Crippen molar-refractivity contribution in [2.45, 2.75) is 20.0 Å². The Balaban J connectivity index is 3.40. The van der Waals surface area contributed by atoms with Crippen molar-refractivity contribution in [2.24, 2.45) is 5.92 Å². The zero-order chi connectivity index (χ0) is 11.7. The minimum Gasteiger partial charge on any atom is -0.377 e. The molecule has 15 heavy (non-hydrogen) atoms. The van der Waals surface area contributed by atoms with Gasteiger partial charge < -0.3 is 15.4 Å². The molecule has 5 heteroatoms. The molecule has 0 bridgehead atoms. The minimum absolute atomic E-state index is 0.0244. The lowest BCUT2D eigenvalue weighted by Gasteiger charge is -2.11. The number of hydrogen-bond acceptors (Lipinski definition) is 3. The van der Waals surface area contributed by atoms with Gasteiger partial charge in [0.2, 0.25) is 5.91 Å². The van der Waals surface area contributed by atoms with Crippen molar-refractivity contribution in [2.75, 3.05) is 33.4 Å². The zero-order valence-electron chi connectivity index (χ0n) is 9.68. The molecule has 0 saturated carbocycles. The van der Waals surface area contributed by atoms with Gasteiger partial charge in [-0.2, -0.15) is 0 Å². The Morgan fingerprint density at radius 2 is 2.13 bits per heavy atom. The minimum atomic E-state index is -1.13. The monoisotopic (exact) mass is 220 g/mol. The van der Waals surface area contributed by atoms with Crippen molar-refractivity contribution in [3.8, 4) is 0 Å². The highest BCUT2D eigenvalue weighted by Crippen LogP contribution is 1.94. The molecular formula is C10H21FN2O2. The molecule has 0 aliphatic carbocycles. The average molecular weight is 220 g/mol. The highest BCUT2D eigenvalue weighted by molar-refractivity contribution is 5.77. The molecule has 2 N–H and O–H groups in total. The van der Waals surface area contributed by atoms with Crippen molar-refractivity contribution in [3.05, 3.63) is 0 Å². The molecular weight excluding hydrogens is 199 g/mol. The molecule has 1 unspecified atom stereocenters. The molecule has 0 saturated heterocycles. The van der Waals surface area contributed by atoms with E-state index in [1.807, 2.05) is 0 Å². The van der Waals surface area contributed by atoms with Gasteiger partial charge in [-0.05, 0) is 7.05 Å². The fourth-order valence-corrected chi connectivity index (χ4v) is 0.860. The summed E-state index contributed by atoms with van der Waals surface area (Å²) < 4.78 is 18.1. The van der Waals surface area contributed by atoms with Gasteiger partial charge in [0, 0.05) is 12.5 Å². The first-order valence-corrected chi connectivity index (χ1v) is 5.22. The van der Waals surface area contributed by atoms with Crippen LogP contribution in [-0.4, -0.2) is 45.4 Å². The second-order valence-electron chi connectivity index (χ2n) is 3.68. The smallest absolute Gasteiger partial charge is 0.222 e. The van der Waals surface area contributed by atoms with Gasteiger partial charge in [0.05, 0.1) is 19.8 Å². The molecule has 4 nitrogen and oxygen atoms in total. The lowest BCUT2D eigenvalue weighted by atomic mass is 10.2. The largest absolute Gasteiger partial charge is 0.377 e. The molecule has 0 aromatic heterocycles. The summed E-state index contributed by atoms with van der Waals surface area (Å²) in [5.74, 6) is -0.240. The number of halogens is 1. The SMILES string of the molecule is CNCCOCC(F)CNC(=O)C(C)C. The Hall–Kier alpha value is -0.680. The predicted molar refractivity (Wildman–Crippen MR) is 57.5 cm³/mol. The van der Waals surface area contributed by atoms with Crippen LogP contribution in [0, 0.1) is 5.92 Å². The molecule has 0 radical (unpaired) electrons. The van der Waals surface area contributed by atoms with E-state index in [0.717, 1.165) is 0 Å². The van der Waals surface area contributed by atoms with Crippen LogP contribution in [0.5, 0.6) is 0 Å². The molecule has 90 valence electrons. The third kappa shape index (κ3) is 8.32. The van der Waals surface area contributed by atoms with Gasteiger partial charge in [0.1, 0.15) is 6.17 Å². The van der Waals surface area contributed by atoms with E-state index in [9.17, 15) is 9.18 Å². The van der Waals surface area contributed by atoms with Crippen LogP contribution in [0.2, 0.25) is 0 Å². The second kappa shape index (κ2) is 8.61. The number of nitrogens with one attached hydrogen (secondary N) is 2. The fourth-order valence-electron chi connectivity index (χ4n) is 0.860. The summed E-state index contributed by atoms with van der Waals surface area (Å²) in [6.07, 6.45) is -1.13. The Kier molecular flexibility index (Phi) is 8.22. The van der Waals surface area contributed by atoms with Crippen LogP contribution < -0.4 is 10.6 Å². The summed E-state index contributed by atoms with van der Waals surface area (Å²) in [7, 11) is 1.80. The second-order valence-corrected chi connectivity index (χ2v) is 3.68. The van der Waals surface area contributed by atoms with Crippen LogP contribution >= 0.6 is 0 Å². The number of rotatable bonds is 8. The van der Waals surface area contributed by atoms with Crippen molar-refractivity contribution in [3.63, 3.8) is 0 Å². The number of alkyl halides is 1. The molecule has 0 heterocycles. The maximum absolute atomic E-state index is 13.1. The molecule has 0 spiro atoms. The first-order chi connectivity index (χ1) is 7.07. The van der Waals surface area contributed by atoms with E-state index in [0.29, 0.717) is 13.2 Å². The number of carbonyl (C=O) groups is 1. The third-order valence-corrected chi connectivity index (χ3v) is 1.82. The summed E-state index contributed by atoms with van der Waals surface area (Å²) in [5.41, 5.74) is 0. The van der Waals surface area contributed by atoms with E-state index in [1.54, 1.807) is 20.9 Å². The van der Waals surface area contributed by atoms with Gasteiger partial charge in [-0.3, -0.25) is 4.79 Å². The molecule has 0 aliphatic rings. The number of likely N-dealkylation sites (N-methyl/N-ethyl adjacent to an activating group) is 1. The average Bonchev–Trinajstić information content (AvgIpc) is 2.20. The van der Waals surface area contributed by atoms with Crippen LogP contribution in [0.25, 0.3) is 0 Å².